The van der Waals surface area contributed by atoms with Crippen LogP contribution in [0.5, 0.6) is 11.5 Å². The Balaban J connectivity index is 2.36. The Morgan fingerprint density at radius 3 is 3.00 bits per heavy atom. The Bertz CT molecular complexity index is 685. The normalized spacial score (nSPS) is 10.8. The van der Waals surface area contributed by atoms with E-state index in [9.17, 15) is 0 Å². The number of nitrogens with zero attached hydrogens (tertiary/aromatic N) is 3. The predicted molar refractivity (Wildman–Crippen MR) is 85.1 cm³/mol. The van der Waals surface area contributed by atoms with Gasteiger partial charge in [0.25, 0.3) is 0 Å². The number of pyridine rings is 1. The van der Waals surface area contributed by atoms with Gasteiger partial charge in [0.15, 0.2) is 17.1 Å². The van der Waals surface area contributed by atoms with Gasteiger partial charge >= 0.3 is 0 Å². The number of nitriles is 1. The summed E-state index contributed by atoms with van der Waals surface area (Å²) in [6.45, 7) is 0. The standard InChI is InChI=1S/C14H11ClN4OS/c1-21-14(18-9-16)19-12-7-10(15)4-5-13(12)20-11-3-2-6-17-8-11/h2-8H,1H3,(H,18,19). The Morgan fingerprint density at radius 1 is 1.48 bits per heavy atom. The molecule has 1 N–H and O–H groups in total. The van der Waals surface area contributed by atoms with Gasteiger partial charge in [-0.25, -0.2) is 4.99 Å². The first-order valence-corrected chi connectivity index (χ1v) is 7.48. The molecule has 0 radical (unpaired) electrons. The van der Waals surface area contributed by atoms with Crippen molar-refractivity contribution in [1.82, 2.24) is 10.3 Å². The van der Waals surface area contributed by atoms with Crippen LogP contribution in [0.4, 0.5) is 5.69 Å². The SMILES string of the molecule is CSC(=Nc1cc(Cl)ccc1Oc1cccnc1)NC#N. The third-order valence-electron chi connectivity index (χ3n) is 2.36. The molecule has 2 rings (SSSR count). The zero-order valence-corrected chi connectivity index (χ0v) is 12.6. The van der Waals surface area contributed by atoms with Crippen LogP contribution in [0.15, 0.2) is 47.7 Å². The highest BCUT2D eigenvalue weighted by Crippen LogP contribution is 2.34. The quantitative estimate of drug-likeness (QED) is 0.401. The molecular weight excluding hydrogens is 308 g/mol. The van der Waals surface area contributed by atoms with Crippen LogP contribution in [0, 0.1) is 11.5 Å². The molecule has 2 aromatic rings. The maximum absolute atomic E-state index is 8.68. The van der Waals surface area contributed by atoms with Crippen LogP contribution in [0.3, 0.4) is 0 Å². The number of ether oxygens (including phenoxy) is 1. The number of amidine groups is 1. The molecule has 0 amide bonds. The molecule has 0 spiro atoms. The zero-order chi connectivity index (χ0) is 15.1. The van der Waals surface area contributed by atoms with Crippen LogP contribution < -0.4 is 10.1 Å². The van der Waals surface area contributed by atoms with E-state index < -0.39 is 0 Å². The second kappa shape index (κ2) is 7.53. The number of aliphatic imine (C=N–C) groups is 1. The number of thioether (sulfide) groups is 1. The lowest BCUT2D eigenvalue weighted by Gasteiger charge is -2.09. The van der Waals surface area contributed by atoms with Gasteiger partial charge in [0, 0.05) is 11.2 Å². The third kappa shape index (κ3) is 4.38. The summed E-state index contributed by atoms with van der Waals surface area (Å²) in [4.78, 5) is 8.33. The van der Waals surface area contributed by atoms with Gasteiger partial charge in [-0.05, 0) is 36.6 Å². The minimum Gasteiger partial charge on any atom is -0.453 e. The number of hydrogen-bond acceptors (Lipinski definition) is 5. The van der Waals surface area contributed by atoms with Gasteiger partial charge in [-0.1, -0.05) is 23.4 Å². The number of halogens is 1. The lowest BCUT2D eigenvalue weighted by molar-refractivity contribution is 0.481. The molecule has 7 heteroatoms. The van der Waals surface area contributed by atoms with Crippen molar-refractivity contribution in [2.24, 2.45) is 4.99 Å². The highest BCUT2D eigenvalue weighted by atomic mass is 35.5. The van der Waals surface area contributed by atoms with E-state index in [2.05, 4.69) is 15.3 Å². The largest absolute Gasteiger partial charge is 0.453 e. The van der Waals surface area contributed by atoms with Crippen LogP contribution in [-0.2, 0) is 0 Å². The topological polar surface area (TPSA) is 70.3 Å². The fourth-order valence-electron chi connectivity index (χ4n) is 1.48. The van der Waals surface area contributed by atoms with E-state index in [0.717, 1.165) is 0 Å². The van der Waals surface area contributed by atoms with Crippen molar-refractivity contribution in [2.75, 3.05) is 6.26 Å². The minimum absolute atomic E-state index is 0.454. The Kier molecular flexibility index (Phi) is 5.43. The molecule has 1 aromatic heterocycles. The predicted octanol–water partition coefficient (Wildman–Crippen LogP) is 3.95. The van der Waals surface area contributed by atoms with Crippen molar-refractivity contribution in [3.63, 3.8) is 0 Å². The van der Waals surface area contributed by atoms with Crippen LogP contribution >= 0.6 is 23.4 Å². The van der Waals surface area contributed by atoms with Gasteiger partial charge in [0.2, 0.25) is 0 Å². The van der Waals surface area contributed by atoms with Crippen molar-refractivity contribution < 1.29 is 4.74 Å². The molecule has 0 atom stereocenters. The molecule has 5 nitrogen and oxygen atoms in total. The first kappa shape index (κ1) is 15.2. The van der Waals surface area contributed by atoms with Crippen molar-refractivity contribution in [2.45, 2.75) is 0 Å². The highest BCUT2D eigenvalue weighted by molar-refractivity contribution is 8.13. The average molecular weight is 319 g/mol. The summed E-state index contributed by atoms with van der Waals surface area (Å²) in [6.07, 6.45) is 6.92. The Morgan fingerprint density at radius 2 is 2.33 bits per heavy atom. The lowest BCUT2D eigenvalue weighted by atomic mass is 10.3. The average Bonchev–Trinajstić information content (AvgIpc) is 2.50. The van der Waals surface area contributed by atoms with Crippen molar-refractivity contribution >= 4 is 34.2 Å². The number of hydrogen-bond donors (Lipinski definition) is 1. The zero-order valence-electron chi connectivity index (χ0n) is 11.1. The first-order chi connectivity index (χ1) is 10.2. The summed E-state index contributed by atoms with van der Waals surface area (Å²) in [5, 5.41) is 12.2. The molecule has 0 saturated heterocycles. The molecule has 0 fully saturated rings. The van der Waals surface area contributed by atoms with Crippen LogP contribution in [-0.4, -0.2) is 16.4 Å². The summed E-state index contributed by atoms with van der Waals surface area (Å²) in [6, 6.07) is 8.67. The molecule has 0 saturated carbocycles. The molecule has 106 valence electrons. The van der Waals surface area contributed by atoms with Crippen molar-refractivity contribution in [3.8, 4) is 17.7 Å². The summed E-state index contributed by atoms with van der Waals surface area (Å²) >= 11 is 7.31. The van der Waals surface area contributed by atoms with Crippen LogP contribution in [0.1, 0.15) is 0 Å². The maximum Gasteiger partial charge on any atom is 0.183 e. The molecule has 1 heterocycles. The second-order valence-electron chi connectivity index (χ2n) is 3.76. The van der Waals surface area contributed by atoms with E-state index in [-0.39, 0.29) is 0 Å². The van der Waals surface area contributed by atoms with Crippen LogP contribution in [0.25, 0.3) is 0 Å². The van der Waals surface area contributed by atoms with Crippen molar-refractivity contribution in [1.29, 1.82) is 5.26 Å². The Labute approximate surface area is 131 Å². The van der Waals surface area contributed by atoms with E-state index >= 15 is 0 Å². The van der Waals surface area contributed by atoms with Gasteiger partial charge in [0.05, 0.1) is 6.20 Å². The number of rotatable bonds is 3. The van der Waals surface area contributed by atoms with E-state index in [0.29, 0.717) is 27.4 Å². The molecule has 0 aliphatic heterocycles. The van der Waals surface area contributed by atoms with Gasteiger partial charge in [-0.15, -0.1) is 0 Å². The molecule has 0 aliphatic rings. The molecule has 0 aliphatic carbocycles. The van der Waals surface area contributed by atoms with Crippen LogP contribution in [0.2, 0.25) is 5.02 Å². The van der Waals surface area contributed by atoms with Gasteiger partial charge < -0.3 is 4.74 Å². The molecule has 0 unspecified atom stereocenters. The summed E-state index contributed by atoms with van der Waals surface area (Å²) in [5.41, 5.74) is 0.526. The monoisotopic (exact) mass is 318 g/mol. The smallest absolute Gasteiger partial charge is 0.183 e. The van der Waals surface area contributed by atoms with E-state index in [4.69, 9.17) is 21.6 Å². The molecular formula is C14H11ClN4OS. The maximum atomic E-state index is 8.68. The Hall–Kier alpha value is -2.23. The summed E-state index contributed by atoms with van der Waals surface area (Å²) in [5.74, 6) is 1.12. The van der Waals surface area contributed by atoms with Gasteiger partial charge in [-0.3, -0.25) is 10.3 Å². The lowest BCUT2D eigenvalue weighted by Crippen LogP contribution is -2.12. The van der Waals surface area contributed by atoms with Gasteiger partial charge in [-0.2, -0.15) is 5.26 Å². The number of nitrogens with one attached hydrogen (secondary N) is 1. The van der Waals surface area contributed by atoms with E-state index in [1.807, 2.05) is 12.4 Å². The summed E-state index contributed by atoms with van der Waals surface area (Å²) in [7, 11) is 0. The van der Waals surface area contributed by atoms with Gasteiger partial charge in [0.1, 0.15) is 11.4 Å². The fourth-order valence-corrected chi connectivity index (χ4v) is 1.98. The second-order valence-corrected chi connectivity index (χ2v) is 4.99. The molecule has 0 bridgehead atoms. The van der Waals surface area contributed by atoms with Crippen molar-refractivity contribution in [3.05, 3.63) is 47.7 Å². The molecule has 21 heavy (non-hydrogen) atoms. The minimum atomic E-state index is 0.454. The highest BCUT2D eigenvalue weighted by Gasteiger charge is 2.07. The fraction of sp³-hybridized carbons (Fsp3) is 0.0714. The number of benzene rings is 1. The van der Waals surface area contributed by atoms with E-state index in [1.54, 1.807) is 42.7 Å². The molecule has 1 aromatic carbocycles. The first-order valence-electron chi connectivity index (χ1n) is 5.88. The number of aromatic nitrogens is 1. The van der Waals surface area contributed by atoms with E-state index in [1.165, 1.54) is 11.8 Å². The summed E-state index contributed by atoms with van der Waals surface area (Å²) < 4.78 is 5.74. The third-order valence-corrected chi connectivity index (χ3v) is 3.18.